The number of nitrogens with one attached hydrogen (secondary N) is 1. The molecule has 0 saturated heterocycles. The summed E-state index contributed by atoms with van der Waals surface area (Å²) >= 11 is 1.83. The summed E-state index contributed by atoms with van der Waals surface area (Å²) < 4.78 is 0. The minimum absolute atomic E-state index is 0.297. The van der Waals surface area contributed by atoms with Crippen molar-refractivity contribution < 1.29 is 0 Å². The Morgan fingerprint density at radius 3 is 2.94 bits per heavy atom. The van der Waals surface area contributed by atoms with E-state index in [0.717, 1.165) is 6.42 Å². The Morgan fingerprint density at radius 2 is 2.29 bits per heavy atom. The second kappa shape index (κ2) is 5.14. The summed E-state index contributed by atoms with van der Waals surface area (Å²) in [7, 11) is 0. The van der Waals surface area contributed by atoms with Crippen molar-refractivity contribution in [2.75, 3.05) is 11.1 Å². The maximum absolute atomic E-state index is 5.78. The molecule has 90 valence electrons. The van der Waals surface area contributed by atoms with E-state index in [1.54, 1.807) is 6.20 Å². The van der Waals surface area contributed by atoms with Gasteiger partial charge in [0.25, 0.3) is 0 Å². The number of nitrogen functional groups attached to an aromatic ring is 1. The van der Waals surface area contributed by atoms with Crippen LogP contribution in [0.2, 0.25) is 0 Å². The molecule has 0 aliphatic heterocycles. The summed E-state index contributed by atoms with van der Waals surface area (Å²) in [6.45, 7) is 4.24. The molecule has 2 rings (SSSR count). The normalized spacial score (nSPS) is 12.4. The van der Waals surface area contributed by atoms with Crippen LogP contribution in [0.1, 0.15) is 16.7 Å². The fourth-order valence-corrected chi connectivity index (χ4v) is 2.66. The summed E-state index contributed by atoms with van der Waals surface area (Å²) in [6, 6.07) is 4.61. The molecule has 1 atom stereocenters. The summed E-state index contributed by atoms with van der Waals surface area (Å²) in [5, 5.41) is 3.30. The Hall–Kier alpha value is -1.62. The van der Waals surface area contributed by atoms with Gasteiger partial charge < -0.3 is 11.1 Å². The fraction of sp³-hybridized carbons (Fsp3) is 0.333. The number of aromatic nitrogens is 2. The fourth-order valence-electron chi connectivity index (χ4n) is 1.64. The highest BCUT2D eigenvalue weighted by atomic mass is 32.1. The quantitative estimate of drug-likeness (QED) is 0.872. The summed E-state index contributed by atoms with van der Waals surface area (Å²) in [4.78, 5) is 10.7. The first-order valence-corrected chi connectivity index (χ1v) is 6.34. The number of hydrogen-bond acceptors (Lipinski definition) is 5. The first kappa shape index (κ1) is 11.9. The van der Waals surface area contributed by atoms with Gasteiger partial charge in [-0.2, -0.15) is 0 Å². The summed E-state index contributed by atoms with van der Waals surface area (Å²) in [5.41, 5.74) is 6.37. The molecular weight excluding hydrogens is 232 g/mol. The van der Waals surface area contributed by atoms with E-state index in [0.29, 0.717) is 17.5 Å². The monoisotopic (exact) mass is 248 g/mol. The number of anilines is 2. The van der Waals surface area contributed by atoms with E-state index in [1.165, 1.54) is 16.1 Å². The van der Waals surface area contributed by atoms with Gasteiger partial charge in [0.15, 0.2) is 5.82 Å². The van der Waals surface area contributed by atoms with Gasteiger partial charge >= 0.3 is 0 Å². The van der Waals surface area contributed by atoms with Gasteiger partial charge in [0.1, 0.15) is 6.33 Å². The van der Waals surface area contributed by atoms with E-state index in [-0.39, 0.29) is 0 Å². The molecule has 4 nitrogen and oxygen atoms in total. The van der Waals surface area contributed by atoms with E-state index >= 15 is 0 Å². The standard InChI is InChI=1S/C12H16N4S/c1-8(5-10-4-3-9(2)17-10)16-12-11(13)6-14-7-15-12/h3-4,6-8H,5,13H2,1-2H3,(H,14,15,16). The highest BCUT2D eigenvalue weighted by molar-refractivity contribution is 7.11. The van der Waals surface area contributed by atoms with Gasteiger partial charge in [-0.05, 0) is 26.0 Å². The van der Waals surface area contributed by atoms with Gasteiger partial charge in [-0.3, -0.25) is 0 Å². The van der Waals surface area contributed by atoms with Crippen molar-refractivity contribution in [2.24, 2.45) is 0 Å². The van der Waals surface area contributed by atoms with Crippen LogP contribution in [-0.2, 0) is 6.42 Å². The third kappa shape index (κ3) is 3.17. The molecule has 0 amide bonds. The van der Waals surface area contributed by atoms with Gasteiger partial charge in [-0.15, -0.1) is 11.3 Å². The summed E-state index contributed by atoms with van der Waals surface area (Å²) in [5.74, 6) is 0.709. The summed E-state index contributed by atoms with van der Waals surface area (Å²) in [6.07, 6.45) is 4.08. The Labute approximate surface area is 105 Å². The molecule has 0 saturated carbocycles. The lowest BCUT2D eigenvalue weighted by Gasteiger charge is -2.14. The van der Waals surface area contributed by atoms with Crippen LogP contribution < -0.4 is 11.1 Å². The molecule has 0 aromatic carbocycles. The van der Waals surface area contributed by atoms with Crippen LogP contribution in [0.5, 0.6) is 0 Å². The van der Waals surface area contributed by atoms with Gasteiger partial charge in [0, 0.05) is 22.2 Å². The van der Waals surface area contributed by atoms with Gasteiger partial charge in [-0.25, -0.2) is 9.97 Å². The van der Waals surface area contributed by atoms with Crippen molar-refractivity contribution in [3.63, 3.8) is 0 Å². The molecule has 3 N–H and O–H groups in total. The van der Waals surface area contributed by atoms with Crippen LogP contribution in [-0.4, -0.2) is 16.0 Å². The third-order valence-corrected chi connectivity index (χ3v) is 3.45. The average Bonchev–Trinajstić information content (AvgIpc) is 2.67. The zero-order valence-electron chi connectivity index (χ0n) is 9.97. The largest absolute Gasteiger partial charge is 0.394 e. The Balaban J connectivity index is 1.98. The zero-order chi connectivity index (χ0) is 12.3. The average molecular weight is 248 g/mol. The van der Waals surface area contributed by atoms with E-state index in [1.807, 2.05) is 11.3 Å². The van der Waals surface area contributed by atoms with Crippen LogP contribution in [0.15, 0.2) is 24.7 Å². The Morgan fingerprint density at radius 1 is 1.47 bits per heavy atom. The van der Waals surface area contributed by atoms with Crippen molar-refractivity contribution in [2.45, 2.75) is 26.3 Å². The van der Waals surface area contributed by atoms with Gasteiger partial charge in [0.05, 0.1) is 11.9 Å². The van der Waals surface area contributed by atoms with Crippen molar-refractivity contribution in [3.8, 4) is 0 Å². The molecular formula is C12H16N4S. The molecule has 0 spiro atoms. The number of nitrogens with zero attached hydrogens (tertiary/aromatic N) is 2. The molecule has 2 heterocycles. The molecule has 0 aliphatic rings. The molecule has 0 fully saturated rings. The van der Waals surface area contributed by atoms with Crippen molar-refractivity contribution in [1.29, 1.82) is 0 Å². The highest BCUT2D eigenvalue weighted by Gasteiger charge is 2.07. The lowest BCUT2D eigenvalue weighted by Crippen LogP contribution is -2.19. The van der Waals surface area contributed by atoms with Crippen LogP contribution >= 0.6 is 11.3 Å². The van der Waals surface area contributed by atoms with Gasteiger partial charge in [0.2, 0.25) is 0 Å². The van der Waals surface area contributed by atoms with Crippen molar-refractivity contribution >= 4 is 22.8 Å². The van der Waals surface area contributed by atoms with Crippen LogP contribution in [0.3, 0.4) is 0 Å². The van der Waals surface area contributed by atoms with Gasteiger partial charge in [-0.1, -0.05) is 0 Å². The predicted molar refractivity (Wildman–Crippen MR) is 72.3 cm³/mol. The highest BCUT2D eigenvalue weighted by Crippen LogP contribution is 2.19. The molecule has 0 radical (unpaired) electrons. The van der Waals surface area contributed by atoms with E-state index < -0.39 is 0 Å². The van der Waals surface area contributed by atoms with Crippen LogP contribution in [0.4, 0.5) is 11.5 Å². The van der Waals surface area contributed by atoms with E-state index in [2.05, 4.69) is 41.3 Å². The molecule has 5 heteroatoms. The number of hydrogen-bond donors (Lipinski definition) is 2. The Bertz CT molecular complexity index is 495. The smallest absolute Gasteiger partial charge is 0.152 e. The Kier molecular flexibility index (Phi) is 3.58. The van der Waals surface area contributed by atoms with E-state index in [9.17, 15) is 0 Å². The first-order valence-electron chi connectivity index (χ1n) is 5.52. The predicted octanol–water partition coefficient (Wildman–Crippen LogP) is 2.47. The number of aryl methyl sites for hydroxylation is 1. The third-order valence-electron chi connectivity index (χ3n) is 2.43. The topological polar surface area (TPSA) is 63.8 Å². The molecule has 2 aromatic heterocycles. The zero-order valence-corrected chi connectivity index (χ0v) is 10.8. The second-order valence-corrected chi connectivity index (χ2v) is 5.46. The molecule has 17 heavy (non-hydrogen) atoms. The van der Waals surface area contributed by atoms with Crippen LogP contribution in [0, 0.1) is 6.92 Å². The minimum atomic E-state index is 0.297. The number of rotatable bonds is 4. The van der Waals surface area contributed by atoms with Crippen LogP contribution in [0.25, 0.3) is 0 Å². The number of thiophene rings is 1. The van der Waals surface area contributed by atoms with Crippen molar-refractivity contribution in [3.05, 3.63) is 34.4 Å². The minimum Gasteiger partial charge on any atom is -0.394 e. The lowest BCUT2D eigenvalue weighted by molar-refractivity contribution is 0.794. The molecule has 0 aliphatic carbocycles. The van der Waals surface area contributed by atoms with E-state index in [4.69, 9.17) is 5.73 Å². The molecule has 1 unspecified atom stereocenters. The maximum atomic E-state index is 5.78. The first-order chi connectivity index (χ1) is 8.15. The number of nitrogens with two attached hydrogens (primary N) is 1. The lowest BCUT2D eigenvalue weighted by atomic mass is 10.2. The SMILES string of the molecule is Cc1ccc(CC(C)Nc2ncncc2N)s1. The molecule has 2 aromatic rings. The molecule has 0 bridgehead atoms. The maximum Gasteiger partial charge on any atom is 0.152 e. The van der Waals surface area contributed by atoms with Crippen molar-refractivity contribution in [1.82, 2.24) is 9.97 Å². The second-order valence-electron chi connectivity index (χ2n) is 4.09.